The Balaban J connectivity index is 0.000000680. The van der Waals surface area contributed by atoms with Crippen LogP contribution < -0.4 is 5.32 Å². The minimum Gasteiger partial charge on any atom is -0.481 e. The molecule has 196 valence electrons. The van der Waals surface area contributed by atoms with Gasteiger partial charge in [-0.2, -0.15) is 5.10 Å². The fraction of sp³-hybridized carbons (Fsp3) is 0.0323. The number of aromatic amines is 1. The first-order valence-electron chi connectivity index (χ1n) is 12.5. The van der Waals surface area contributed by atoms with Crippen molar-refractivity contribution in [3.8, 4) is 21.7 Å². The highest BCUT2D eigenvalue weighted by atomic mass is 32.1. The maximum Gasteiger partial charge on any atom is 0.300 e. The molecule has 9 heteroatoms. The zero-order valence-corrected chi connectivity index (χ0v) is 22.1. The van der Waals surface area contributed by atoms with E-state index in [1.54, 1.807) is 17.5 Å². The van der Waals surface area contributed by atoms with Crippen molar-refractivity contribution in [1.29, 1.82) is 0 Å². The van der Waals surface area contributed by atoms with Crippen LogP contribution in [0.4, 0.5) is 5.69 Å². The average molecular weight is 546 g/mol. The molecule has 8 nitrogen and oxygen atoms in total. The Hall–Kier alpha value is -5.28. The van der Waals surface area contributed by atoms with E-state index in [1.165, 1.54) is 10.1 Å². The fourth-order valence-corrected chi connectivity index (χ4v) is 5.58. The molecule has 0 atom stereocenters. The number of thiophene rings is 1. The number of carboxylic acid groups (broad SMARTS) is 1. The smallest absolute Gasteiger partial charge is 0.300 e. The Morgan fingerprint density at radius 2 is 1.73 bits per heavy atom. The third-order valence-electron chi connectivity index (χ3n) is 6.30. The number of aliphatic carboxylic acids is 1. The number of aromatic nitrogens is 4. The second-order valence-electron chi connectivity index (χ2n) is 9.15. The molecule has 0 aliphatic heterocycles. The molecule has 0 aliphatic carbocycles. The molecule has 7 aromatic rings. The molecular formula is C31H23N5O3S. The Kier molecular flexibility index (Phi) is 6.55. The van der Waals surface area contributed by atoms with Crippen LogP contribution in [0.2, 0.25) is 0 Å². The highest BCUT2D eigenvalue weighted by Gasteiger charge is 2.15. The summed E-state index contributed by atoms with van der Waals surface area (Å²) in [7, 11) is 0. The molecule has 0 saturated carbocycles. The first-order valence-corrected chi connectivity index (χ1v) is 13.3. The summed E-state index contributed by atoms with van der Waals surface area (Å²) in [5.74, 6) is -0.999. The van der Waals surface area contributed by atoms with Crippen molar-refractivity contribution in [1.82, 2.24) is 19.6 Å². The standard InChI is InChI=1S/C29H19N5OS.C2H4O2/c35-29(31-22-10-8-18(9-11-22)24-17-34-12-4-3-7-27(34)32-24)20-13-21-16-30-33-28(21)23(14-20)26-15-19-5-1-2-6-25(19)36-26;1-2(3)4/h1-17H,(H,30,33)(H,31,35);1H3,(H,3,4). The summed E-state index contributed by atoms with van der Waals surface area (Å²) in [4.78, 5) is 28.0. The number of pyridine rings is 1. The minimum absolute atomic E-state index is 0.166. The molecule has 0 fully saturated rings. The Labute approximate surface area is 232 Å². The maximum atomic E-state index is 13.3. The molecule has 0 spiro atoms. The number of amides is 1. The van der Waals surface area contributed by atoms with E-state index in [1.807, 2.05) is 83.5 Å². The van der Waals surface area contributed by atoms with E-state index in [4.69, 9.17) is 9.90 Å². The Bertz CT molecular complexity index is 1930. The van der Waals surface area contributed by atoms with Crippen molar-refractivity contribution < 1.29 is 14.7 Å². The number of H-pyrrole nitrogens is 1. The minimum atomic E-state index is -0.833. The summed E-state index contributed by atoms with van der Waals surface area (Å²) in [6.07, 6.45) is 5.73. The van der Waals surface area contributed by atoms with Crippen LogP contribution in [-0.2, 0) is 4.79 Å². The first-order chi connectivity index (χ1) is 19.4. The third-order valence-corrected chi connectivity index (χ3v) is 7.45. The molecule has 0 aliphatic rings. The molecule has 7 rings (SSSR count). The molecule has 0 unspecified atom stereocenters. The van der Waals surface area contributed by atoms with Crippen LogP contribution in [0.3, 0.4) is 0 Å². The lowest BCUT2D eigenvalue weighted by molar-refractivity contribution is -0.134. The van der Waals surface area contributed by atoms with Crippen molar-refractivity contribution in [2.24, 2.45) is 0 Å². The van der Waals surface area contributed by atoms with Gasteiger partial charge in [0.2, 0.25) is 0 Å². The number of benzene rings is 3. The summed E-state index contributed by atoms with van der Waals surface area (Å²) < 4.78 is 3.20. The lowest BCUT2D eigenvalue weighted by Crippen LogP contribution is -2.12. The lowest BCUT2D eigenvalue weighted by atomic mass is 10.0. The number of carboxylic acids is 1. The number of nitrogens with one attached hydrogen (secondary N) is 2. The van der Waals surface area contributed by atoms with Gasteiger partial charge in [-0.15, -0.1) is 11.3 Å². The molecular weight excluding hydrogens is 522 g/mol. The van der Waals surface area contributed by atoms with Gasteiger partial charge in [0.25, 0.3) is 11.9 Å². The predicted octanol–water partition coefficient (Wildman–Crippen LogP) is 7.10. The highest BCUT2D eigenvalue weighted by molar-refractivity contribution is 7.22. The van der Waals surface area contributed by atoms with Gasteiger partial charge in [0.1, 0.15) is 5.65 Å². The second kappa shape index (κ2) is 10.5. The van der Waals surface area contributed by atoms with E-state index in [2.05, 4.69) is 38.7 Å². The molecule has 40 heavy (non-hydrogen) atoms. The van der Waals surface area contributed by atoms with Gasteiger partial charge in [-0.05, 0) is 53.9 Å². The van der Waals surface area contributed by atoms with Gasteiger partial charge in [-0.1, -0.05) is 36.4 Å². The zero-order valence-electron chi connectivity index (χ0n) is 21.3. The molecule has 1 amide bonds. The van der Waals surface area contributed by atoms with Gasteiger partial charge in [-0.25, -0.2) is 4.98 Å². The van der Waals surface area contributed by atoms with E-state index in [9.17, 15) is 4.79 Å². The summed E-state index contributed by atoms with van der Waals surface area (Å²) in [5, 5.41) is 19.9. The Morgan fingerprint density at radius 3 is 2.50 bits per heavy atom. The quantitative estimate of drug-likeness (QED) is 0.218. The van der Waals surface area contributed by atoms with Crippen LogP contribution in [0.1, 0.15) is 17.3 Å². The molecule has 4 heterocycles. The normalized spacial score (nSPS) is 10.9. The van der Waals surface area contributed by atoms with Crippen LogP contribution >= 0.6 is 11.3 Å². The number of carbonyl (C=O) groups is 2. The third kappa shape index (κ3) is 5.05. The largest absolute Gasteiger partial charge is 0.481 e. The molecule has 3 N–H and O–H groups in total. The van der Waals surface area contributed by atoms with Gasteiger partial charge >= 0.3 is 0 Å². The van der Waals surface area contributed by atoms with Crippen molar-refractivity contribution in [3.63, 3.8) is 0 Å². The van der Waals surface area contributed by atoms with E-state index in [0.717, 1.165) is 50.9 Å². The summed E-state index contributed by atoms with van der Waals surface area (Å²) in [5.41, 5.74) is 5.98. The number of rotatable bonds is 4. The van der Waals surface area contributed by atoms with Crippen LogP contribution in [0, 0.1) is 0 Å². The van der Waals surface area contributed by atoms with Gasteiger partial charge in [0, 0.05) is 56.7 Å². The van der Waals surface area contributed by atoms with E-state index < -0.39 is 5.97 Å². The van der Waals surface area contributed by atoms with E-state index >= 15 is 0 Å². The summed E-state index contributed by atoms with van der Waals surface area (Å²) in [6, 6.07) is 27.9. The number of hydrogen-bond donors (Lipinski definition) is 3. The molecule has 0 saturated heterocycles. The SMILES string of the molecule is CC(=O)O.O=C(Nc1ccc(-c2cn3ccccc3n2)cc1)c1cc(-c2cc3ccccc3s2)c2[nH]ncc2c1. The van der Waals surface area contributed by atoms with Crippen molar-refractivity contribution in [3.05, 3.63) is 109 Å². The number of nitrogens with zero attached hydrogens (tertiary/aromatic N) is 3. The monoisotopic (exact) mass is 545 g/mol. The van der Waals surface area contributed by atoms with E-state index in [0.29, 0.717) is 5.56 Å². The van der Waals surface area contributed by atoms with Crippen molar-refractivity contribution in [2.45, 2.75) is 6.92 Å². The number of anilines is 1. The fourth-order valence-electron chi connectivity index (χ4n) is 4.50. The van der Waals surface area contributed by atoms with Gasteiger partial charge < -0.3 is 14.8 Å². The number of carbonyl (C=O) groups excluding carboxylic acids is 1. The maximum absolute atomic E-state index is 13.3. The Morgan fingerprint density at radius 1 is 0.950 bits per heavy atom. The highest BCUT2D eigenvalue weighted by Crippen LogP contribution is 2.37. The van der Waals surface area contributed by atoms with Crippen LogP contribution in [0.25, 0.3) is 48.3 Å². The van der Waals surface area contributed by atoms with E-state index in [-0.39, 0.29) is 5.91 Å². The number of fused-ring (bicyclic) bond motifs is 3. The lowest BCUT2D eigenvalue weighted by Gasteiger charge is -2.08. The molecule has 0 radical (unpaired) electrons. The van der Waals surface area contributed by atoms with Crippen molar-refractivity contribution in [2.75, 3.05) is 5.32 Å². The van der Waals surface area contributed by atoms with Crippen LogP contribution in [-0.4, -0.2) is 36.6 Å². The topological polar surface area (TPSA) is 112 Å². The molecule has 4 aromatic heterocycles. The van der Waals surface area contributed by atoms with Crippen LogP contribution in [0.5, 0.6) is 0 Å². The van der Waals surface area contributed by atoms with Gasteiger partial charge in [0.05, 0.1) is 17.4 Å². The molecule has 3 aromatic carbocycles. The first kappa shape index (κ1) is 25.0. The van der Waals surface area contributed by atoms with Gasteiger partial charge in [-0.3, -0.25) is 14.7 Å². The van der Waals surface area contributed by atoms with Crippen LogP contribution in [0.15, 0.2) is 104 Å². The summed E-state index contributed by atoms with van der Waals surface area (Å²) >= 11 is 1.71. The van der Waals surface area contributed by atoms with Gasteiger partial charge in [0.15, 0.2) is 0 Å². The second-order valence-corrected chi connectivity index (χ2v) is 10.2. The molecule has 0 bridgehead atoms. The number of hydrogen-bond acceptors (Lipinski definition) is 5. The zero-order chi connectivity index (χ0) is 27.6. The number of imidazole rings is 1. The van der Waals surface area contributed by atoms with Crippen molar-refractivity contribution >= 4 is 55.5 Å². The average Bonchev–Trinajstić information content (AvgIpc) is 3.70. The predicted molar refractivity (Wildman–Crippen MR) is 159 cm³/mol. The summed E-state index contributed by atoms with van der Waals surface area (Å²) in [6.45, 7) is 1.08.